The Morgan fingerprint density at radius 3 is 2.28 bits per heavy atom. The summed E-state index contributed by atoms with van der Waals surface area (Å²) in [5.74, 6) is -0.130. The van der Waals surface area contributed by atoms with Gasteiger partial charge in [-0.2, -0.15) is 5.26 Å². The average molecular weight is 265 g/mol. The van der Waals surface area contributed by atoms with Crippen molar-refractivity contribution in [1.82, 2.24) is 0 Å². The highest BCUT2D eigenvalue weighted by Crippen LogP contribution is 2.34. The van der Waals surface area contributed by atoms with Crippen LogP contribution in [0.5, 0.6) is 0 Å². The maximum atomic E-state index is 12.0. The van der Waals surface area contributed by atoms with Gasteiger partial charge in [-0.15, -0.1) is 0 Å². The predicted octanol–water partition coefficient (Wildman–Crippen LogP) is 1.82. The third kappa shape index (κ3) is 2.77. The summed E-state index contributed by atoms with van der Waals surface area (Å²) in [5, 5.41) is 9.34. The molecule has 0 radical (unpaired) electrons. The molecule has 18 heavy (non-hydrogen) atoms. The lowest BCUT2D eigenvalue weighted by Gasteiger charge is -2.24. The Bertz CT molecular complexity index is 572. The van der Waals surface area contributed by atoms with Gasteiger partial charge in [-0.05, 0) is 18.9 Å². The third-order valence-corrected chi connectivity index (χ3v) is 4.68. The van der Waals surface area contributed by atoms with Gasteiger partial charge in [0.05, 0.1) is 6.07 Å². The highest BCUT2D eigenvalue weighted by atomic mass is 32.2. The van der Waals surface area contributed by atoms with Gasteiger partial charge in [0, 0.05) is 12.7 Å². The lowest BCUT2D eigenvalue weighted by atomic mass is 9.94. The summed E-state index contributed by atoms with van der Waals surface area (Å²) in [5.41, 5.74) is 0.413. The van der Waals surface area contributed by atoms with Crippen LogP contribution in [-0.2, 0) is 19.4 Å². The molecule has 0 aliphatic heterocycles. The van der Waals surface area contributed by atoms with Crippen LogP contribution in [0.15, 0.2) is 30.3 Å². The molecule has 0 aliphatic rings. The Balaban J connectivity index is 3.34. The lowest BCUT2D eigenvalue weighted by molar-refractivity contribution is -0.117. The van der Waals surface area contributed by atoms with Gasteiger partial charge in [0.15, 0.2) is 14.6 Å². The second kappa shape index (κ2) is 5.32. The topological polar surface area (TPSA) is 75.0 Å². The molecule has 0 unspecified atom stereocenters. The van der Waals surface area contributed by atoms with E-state index in [4.69, 9.17) is 0 Å². The van der Waals surface area contributed by atoms with E-state index in [-0.39, 0.29) is 18.6 Å². The van der Waals surface area contributed by atoms with Crippen LogP contribution >= 0.6 is 0 Å². The van der Waals surface area contributed by atoms with Crippen molar-refractivity contribution < 1.29 is 13.2 Å². The molecule has 1 aromatic rings. The van der Waals surface area contributed by atoms with Gasteiger partial charge in [-0.1, -0.05) is 30.3 Å². The number of Topliss-reactive ketones (excluding diaryl/α,β-unsaturated/α-hetero) is 1. The van der Waals surface area contributed by atoms with Crippen LogP contribution in [0.4, 0.5) is 0 Å². The summed E-state index contributed by atoms with van der Waals surface area (Å²) in [6, 6.07) is 10.2. The first-order valence-electron chi connectivity index (χ1n) is 5.49. The molecule has 5 heteroatoms. The first-order valence-corrected chi connectivity index (χ1v) is 7.38. The maximum absolute atomic E-state index is 12.0. The van der Waals surface area contributed by atoms with Gasteiger partial charge in [-0.3, -0.25) is 0 Å². The standard InChI is InChI=1S/C13H15NO3S/c1-11(15)8-9-13(10-14,18(2,16)17)12-6-4-3-5-7-12/h3-7H,8-9H2,1-2H3/t13-/m0/s1. The van der Waals surface area contributed by atoms with E-state index in [0.717, 1.165) is 6.26 Å². The molecule has 1 aromatic carbocycles. The number of hydrogen-bond acceptors (Lipinski definition) is 4. The van der Waals surface area contributed by atoms with E-state index < -0.39 is 14.6 Å². The zero-order valence-corrected chi connectivity index (χ0v) is 11.2. The molecule has 0 aromatic heterocycles. The van der Waals surface area contributed by atoms with Gasteiger partial charge in [0.2, 0.25) is 0 Å². The molecule has 0 spiro atoms. The first kappa shape index (κ1) is 14.4. The number of ketones is 1. The Hall–Kier alpha value is -1.67. The maximum Gasteiger partial charge on any atom is 0.183 e. The van der Waals surface area contributed by atoms with Crippen molar-refractivity contribution in [2.75, 3.05) is 6.26 Å². The number of sulfone groups is 1. The first-order chi connectivity index (χ1) is 8.33. The molecule has 0 heterocycles. The fourth-order valence-electron chi connectivity index (χ4n) is 1.81. The Kier molecular flexibility index (Phi) is 4.25. The normalized spacial score (nSPS) is 14.5. The van der Waals surface area contributed by atoms with Gasteiger partial charge in [-0.25, -0.2) is 8.42 Å². The summed E-state index contributed by atoms with van der Waals surface area (Å²) >= 11 is 0. The molecule has 1 atom stereocenters. The molecule has 1 rings (SSSR count). The van der Waals surface area contributed by atoms with Crippen LogP contribution in [0.2, 0.25) is 0 Å². The van der Waals surface area contributed by atoms with Gasteiger partial charge in [0.25, 0.3) is 0 Å². The predicted molar refractivity (Wildman–Crippen MR) is 68.5 cm³/mol. The van der Waals surface area contributed by atoms with E-state index in [1.54, 1.807) is 30.3 Å². The number of benzene rings is 1. The van der Waals surface area contributed by atoms with Crippen molar-refractivity contribution in [2.45, 2.75) is 24.5 Å². The highest BCUT2D eigenvalue weighted by molar-refractivity contribution is 7.91. The monoisotopic (exact) mass is 265 g/mol. The Morgan fingerprint density at radius 2 is 1.89 bits per heavy atom. The summed E-state index contributed by atoms with van der Waals surface area (Å²) in [6.45, 7) is 1.38. The number of carbonyl (C=O) groups is 1. The number of nitriles is 1. The molecule has 0 fully saturated rings. The molecular weight excluding hydrogens is 250 g/mol. The molecule has 0 N–H and O–H groups in total. The summed E-state index contributed by atoms with van der Waals surface area (Å²) < 4.78 is 22.3. The van der Waals surface area contributed by atoms with Crippen molar-refractivity contribution in [3.63, 3.8) is 0 Å². The fourth-order valence-corrected chi connectivity index (χ4v) is 3.01. The highest BCUT2D eigenvalue weighted by Gasteiger charge is 2.42. The van der Waals surface area contributed by atoms with Crippen LogP contribution < -0.4 is 0 Å². The van der Waals surface area contributed by atoms with Crippen molar-refractivity contribution >= 4 is 15.6 Å². The fraction of sp³-hybridized carbons (Fsp3) is 0.385. The van der Waals surface area contributed by atoms with E-state index in [1.807, 2.05) is 6.07 Å². The smallest absolute Gasteiger partial charge is 0.183 e. The van der Waals surface area contributed by atoms with E-state index >= 15 is 0 Å². The Morgan fingerprint density at radius 1 is 1.33 bits per heavy atom. The molecular formula is C13H15NO3S. The molecule has 96 valence electrons. The van der Waals surface area contributed by atoms with E-state index in [9.17, 15) is 18.5 Å². The van der Waals surface area contributed by atoms with E-state index in [2.05, 4.69) is 0 Å². The van der Waals surface area contributed by atoms with Crippen molar-refractivity contribution in [1.29, 1.82) is 5.26 Å². The zero-order valence-electron chi connectivity index (χ0n) is 10.4. The molecule has 0 saturated carbocycles. The van der Waals surface area contributed by atoms with Crippen LogP contribution in [-0.4, -0.2) is 20.5 Å². The molecule has 0 bridgehead atoms. The largest absolute Gasteiger partial charge is 0.300 e. The van der Waals surface area contributed by atoms with Crippen LogP contribution in [0, 0.1) is 11.3 Å². The number of nitrogens with zero attached hydrogens (tertiary/aromatic N) is 1. The number of rotatable bonds is 5. The zero-order chi connectivity index (χ0) is 13.8. The van der Waals surface area contributed by atoms with E-state index in [1.165, 1.54) is 6.92 Å². The van der Waals surface area contributed by atoms with E-state index in [0.29, 0.717) is 5.56 Å². The molecule has 0 amide bonds. The van der Waals surface area contributed by atoms with Gasteiger partial charge < -0.3 is 4.79 Å². The molecule has 0 saturated heterocycles. The minimum atomic E-state index is -3.64. The van der Waals surface area contributed by atoms with Crippen LogP contribution in [0.25, 0.3) is 0 Å². The van der Waals surface area contributed by atoms with Gasteiger partial charge >= 0.3 is 0 Å². The minimum absolute atomic E-state index is 0.0122. The van der Waals surface area contributed by atoms with Crippen molar-refractivity contribution in [3.05, 3.63) is 35.9 Å². The van der Waals surface area contributed by atoms with Crippen LogP contribution in [0.1, 0.15) is 25.3 Å². The summed E-state index contributed by atoms with van der Waals surface area (Å²) in [6.07, 6.45) is 1.08. The second-order valence-corrected chi connectivity index (χ2v) is 6.52. The SMILES string of the molecule is CC(=O)CC[C@](C#N)(c1ccccc1)S(C)(=O)=O. The minimum Gasteiger partial charge on any atom is -0.300 e. The second-order valence-electron chi connectivity index (χ2n) is 4.28. The summed E-state index contributed by atoms with van der Waals surface area (Å²) in [4.78, 5) is 11.1. The quantitative estimate of drug-likeness (QED) is 0.813. The number of hydrogen-bond donors (Lipinski definition) is 0. The Labute approximate surface area is 107 Å². The lowest BCUT2D eigenvalue weighted by Crippen LogP contribution is -2.34. The van der Waals surface area contributed by atoms with Crippen molar-refractivity contribution in [3.8, 4) is 6.07 Å². The number of carbonyl (C=O) groups excluding carboxylic acids is 1. The van der Waals surface area contributed by atoms with Crippen LogP contribution in [0.3, 0.4) is 0 Å². The van der Waals surface area contributed by atoms with Gasteiger partial charge in [0.1, 0.15) is 5.78 Å². The summed E-state index contributed by atoms with van der Waals surface area (Å²) in [7, 11) is -3.64. The molecule has 4 nitrogen and oxygen atoms in total. The average Bonchev–Trinajstić information content (AvgIpc) is 2.29. The van der Waals surface area contributed by atoms with Crippen molar-refractivity contribution in [2.24, 2.45) is 0 Å². The third-order valence-electron chi connectivity index (χ3n) is 2.88. The molecule has 0 aliphatic carbocycles.